The van der Waals surface area contributed by atoms with Crippen LogP contribution in [0.3, 0.4) is 0 Å². The van der Waals surface area contributed by atoms with Crippen molar-refractivity contribution in [2.45, 2.75) is 19.6 Å². The Labute approximate surface area is 124 Å². The average Bonchev–Trinajstić information content (AvgIpc) is 2.51. The molecule has 0 aliphatic heterocycles. The van der Waals surface area contributed by atoms with Gasteiger partial charge < -0.3 is 15.8 Å². The summed E-state index contributed by atoms with van der Waals surface area (Å²) < 4.78 is 5.72. The van der Waals surface area contributed by atoms with Crippen LogP contribution in [0.5, 0.6) is 5.75 Å². The van der Waals surface area contributed by atoms with Crippen molar-refractivity contribution in [2.24, 2.45) is 5.73 Å². The summed E-state index contributed by atoms with van der Waals surface area (Å²) in [7, 11) is 0. The van der Waals surface area contributed by atoms with Crippen LogP contribution in [0.25, 0.3) is 0 Å². The number of carbonyl (C=O) groups excluding carboxylic acids is 1. The Bertz CT molecular complexity index is 553. The Morgan fingerprint density at radius 1 is 1.00 bits per heavy atom. The number of primary amides is 1. The van der Waals surface area contributed by atoms with E-state index < -0.39 is 0 Å². The second kappa shape index (κ2) is 8.07. The lowest BCUT2D eigenvalue weighted by molar-refractivity contribution is -0.117. The zero-order chi connectivity index (χ0) is 14.9. The Balaban J connectivity index is 1.75. The predicted octanol–water partition coefficient (Wildman–Crippen LogP) is 2.23. The Hall–Kier alpha value is -2.33. The number of hydrogen-bond donors (Lipinski definition) is 2. The van der Waals surface area contributed by atoms with Gasteiger partial charge in [-0.25, -0.2) is 0 Å². The highest BCUT2D eigenvalue weighted by molar-refractivity contribution is 5.73. The van der Waals surface area contributed by atoms with Crippen LogP contribution in [0.4, 0.5) is 0 Å². The average molecular weight is 284 g/mol. The summed E-state index contributed by atoms with van der Waals surface area (Å²) in [5.74, 6) is 0.562. The van der Waals surface area contributed by atoms with Gasteiger partial charge in [0.05, 0.1) is 0 Å². The first-order chi connectivity index (χ1) is 10.2. The first-order valence-corrected chi connectivity index (χ1v) is 6.99. The fourth-order valence-electron chi connectivity index (χ4n) is 1.89. The number of ether oxygens (including phenoxy) is 1. The van der Waals surface area contributed by atoms with Gasteiger partial charge in [-0.1, -0.05) is 42.5 Å². The summed E-state index contributed by atoms with van der Waals surface area (Å²) in [6.45, 7) is 1.88. The standard InChI is InChI=1S/C17H20N2O2/c18-17(20)10-11-19-12-14-6-8-16(9-7-14)21-13-15-4-2-1-3-5-15/h1-9,19H,10-13H2,(H2,18,20). The minimum atomic E-state index is -0.285. The monoisotopic (exact) mass is 284 g/mol. The first kappa shape index (κ1) is 15.1. The van der Waals surface area contributed by atoms with Crippen LogP contribution in [0.2, 0.25) is 0 Å². The third kappa shape index (κ3) is 5.67. The summed E-state index contributed by atoms with van der Waals surface area (Å²) in [5.41, 5.74) is 7.37. The summed E-state index contributed by atoms with van der Waals surface area (Å²) in [5, 5.41) is 3.17. The minimum Gasteiger partial charge on any atom is -0.489 e. The summed E-state index contributed by atoms with van der Waals surface area (Å²) in [6.07, 6.45) is 0.359. The molecule has 0 heterocycles. The molecule has 0 radical (unpaired) electrons. The van der Waals surface area contributed by atoms with Gasteiger partial charge in [0, 0.05) is 19.5 Å². The molecule has 2 aromatic carbocycles. The number of carbonyl (C=O) groups is 1. The third-order valence-corrected chi connectivity index (χ3v) is 3.05. The molecule has 4 heteroatoms. The molecule has 0 atom stereocenters. The highest BCUT2D eigenvalue weighted by Gasteiger charge is 1.98. The third-order valence-electron chi connectivity index (χ3n) is 3.05. The largest absolute Gasteiger partial charge is 0.489 e. The lowest BCUT2D eigenvalue weighted by Gasteiger charge is -2.08. The molecule has 0 unspecified atom stereocenters. The van der Waals surface area contributed by atoms with Crippen LogP contribution < -0.4 is 15.8 Å². The molecule has 21 heavy (non-hydrogen) atoms. The minimum absolute atomic E-state index is 0.285. The van der Waals surface area contributed by atoms with Crippen molar-refractivity contribution < 1.29 is 9.53 Å². The second-order valence-electron chi connectivity index (χ2n) is 4.81. The molecule has 2 rings (SSSR count). The molecule has 3 N–H and O–H groups in total. The van der Waals surface area contributed by atoms with Gasteiger partial charge in [0.2, 0.25) is 5.91 Å². The SMILES string of the molecule is NC(=O)CCNCc1ccc(OCc2ccccc2)cc1. The Morgan fingerprint density at radius 2 is 1.71 bits per heavy atom. The molecule has 0 aliphatic rings. The number of hydrogen-bond acceptors (Lipinski definition) is 3. The van der Waals surface area contributed by atoms with Crippen LogP contribution in [0.15, 0.2) is 54.6 Å². The molecule has 0 fully saturated rings. The van der Waals surface area contributed by atoms with E-state index in [1.807, 2.05) is 54.6 Å². The van der Waals surface area contributed by atoms with Gasteiger partial charge in [-0.15, -0.1) is 0 Å². The van der Waals surface area contributed by atoms with E-state index in [2.05, 4.69) is 5.32 Å². The van der Waals surface area contributed by atoms with Crippen molar-refractivity contribution in [3.63, 3.8) is 0 Å². The molecule has 0 aromatic heterocycles. The van der Waals surface area contributed by atoms with E-state index in [0.29, 0.717) is 26.1 Å². The van der Waals surface area contributed by atoms with Gasteiger partial charge >= 0.3 is 0 Å². The predicted molar refractivity (Wildman–Crippen MR) is 82.7 cm³/mol. The maximum Gasteiger partial charge on any atom is 0.218 e. The van der Waals surface area contributed by atoms with E-state index >= 15 is 0 Å². The molecule has 0 bridgehead atoms. The van der Waals surface area contributed by atoms with Crippen LogP contribution in [-0.4, -0.2) is 12.5 Å². The van der Waals surface area contributed by atoms with Crippen LogP contribution in [0.1, 0.15) is 17.5 Å². The highest BCUT2D eigenvalue weighted by atomic mass is 16.5. The van der Waals surface area contributed by atoms with Gasteiger partial charge in [-0.2, -0.15) is 0 Å². The Kier molecular flexibility index (Phi) is 5.79. The van der Waals surface area contributed by atoms with E-state index in [-0.39, 0.29) is 5.91 Å². The number of amides is 1. The topological polar surface area (TPSA) is 64.4 Å². The van der Waals surface area contributed by atoms with Crippen molar-refractivity contribution in [3.8, 4) is 5.75 Å². The number of nitrogens with one attached hydrogen (secondary N) is 1. The lowest BCUT2D eigenvalue weighted by atomic mass is 10.2. The molecule has 4 nitrogen and oxygen atoms in total. The molecule has 2 aromatic rings. The summed E-state index contributed by atoms with van der Waals surface area (Å²) >= 11 is 0. The van der Waals surface area contributed by atoms with Gasteiger partial charge in [-0.05, 0) is 23.3 Å². The maximum atomic E-state index is 10.6. The quantitative estimate of drug-likeness (QED) is 0.731. The van der Waals surface area contributed by atoms with Crippen molar-refractivity contribution >= 4 is 5.91 Å². The summed E-state index contributed by atoms with van der Waals surface area (Å²) in [4.78, 5) is 10.6. The number of nitrogens with two attached hydrogens (primary N) is 1. The maximum absolute atomic E-state index is 10.6. The molecule has 110 valence electrons. The zero-order valence-corrected chi connectivity index (χ0v) is 11.9. The fraction of sp³-hybridized carbons (Fsp3) is 0.235. The van der Waals surface area contributed by atoms with Gasteiger partial charge in [0.1, 0.15) is 12.4 Å². The second-order valence-corrected chi connectivity index (χ2v) is 4.81. The molecule has 0 spiro atoms. The molecule has 0 saturated heterocycles. The van der Waals surface area contributed by atoms with Gasteiger partial charge in [-0.3, -0.25) is 4.79 Å². The van der Waals surface area contributed by atoms with Crippen molar-refractivity contribution in [1.82, 2.24) is 5.32 Å². The van der Waals surface area contributed by atoms with Crippen molar-refractivity contribution in [2.75, 3.05) is 6.54 Å². The van der Waals surface area contributed by atoms with Crippen molar-refractivity contribution in [3.05, 3.63) is 65.7 Å². The lowest BCUT2D eigenvalue weighted by Crippen LogP contribution is -2.21. The Morgan fingerprint density at radius 3 is 2.38 bits per heavy atom. The number of benzene rings is 2. The van der Waals surface area contributed by atoms with Crippen LogP contribution in [0, 0.1) is 0 Å². The summed E-state index contributed by atoms with van der Waals surface area (Å²) in [6, 6.07) is 18.0. The molecule has 0 saturated carbocycles. The smallest absolute Gasteiger partial charge is 0.218 e. The zero-order valence-electron chi connectivity index (χ0n) is 11.9. The fourth-order valence-corrected chi connectivity index (χ4v) is 1.89. The van der Waals surface area contributed by atoms with E-state index in [9.17, 15) is 4.79 Å². The van der Waals surface area contributed by atoms with Crippen LogP contribution >= 0.6 is 0 Å². The number of rotatable bonds is 8. The van der Waals surface area contributed by atoms with Gasteiger partial charge in [0.25, 0.3) is 0 Å². The van der Waals surface area contributed by atoms with E-state index in [0.717, 1.165) is 16.9 Å². The molecule has 1 amide bonds. The normalized spacial score (nSPS) is 10.3. The molecular weight excluding hydrogens is 264 g/mol. The highest BCUT2D eigenvalue weighted by Crippen LogP contribution is 2.14. The molecule has 0 aliphatic carbocycles. The van der Waals surface area contributed by atoms with E-state index in [1.165, 1.54) is 0 Å². The van der Waals surface area contributed by atoms with Crippen LogP contribution in [-0.2, 0) is 17.9 Å². The first-order valence-electron chi connectivity index (χ1n) is 6.99. The molecular formula is C17H20N2O2. The van der Waals surface area contributed by atoms with Gasteiger partial charge in [0.15, 0.2) is 0 Å². The van der Waals surface area contributed by atoms with Crippen molar-refractivity contribution in [1.29, 1.82) is 0 Å². The van der Waals surface area contributed by atoms with E-state index in [4.69, 9.17) is 10.5 Å². The van der Waals surface area contributed by atoms with E-state index in [1.54, 1.807) is 0 Å².